The maximum Gasteiger partial charge on any atom is 0.269 e. The molecule has 0 spiro atoms. The molecule has 1 aliphatic carbocycles. The summed E-state index contributed by atoms with van der Waals surface area (Å²) in [6.07, 6.45) is 3.07. The van der Waals surface area contributed by atoms with Crippen LogP contribution in [-0.2, 0) is 11.2 Å². The standard InChI is InChI=1S/C19H26N2O2/c1-6-13-7-9-14(10-8-13)17(22)20-21-18(23)16-15(11-12(2)3)19(16,4)5/h7-11,15-16H,6H2,1-5H3,(H,20,22)(H,21,23). The number of amides is 2. The third kappa shape index (κ3) is 3.81. The van der Waals surface area contributed by atoms with Gasteiger partial charge in [0.05, 0.1) is 5.92 Å². The average Bonchev–Trinajstić information content (AvgIpc) is 3.04. The molecule has 2 amide bonds. The van der Waals surface area contributed by atoms with Crippen LogP contribution in [0.4, 0.5) is 0 Å². The Morgan fingerprint density at radius 2 is 1.74 bits per heavy atom. The Bertz CT molecular complexity index is 625. The molecule has 2 N–H and O–H groups in total. The molecule has 4 heteroatoms. The van der Waals surface area contributed by atoms with Crippen molar-refractivity contribution in [1.82, 2.24) is 10.9 Å². The van der Waals surface area contributed by atoms with Crippen molar-refractivity contribution in [2.75, 3.05) is 0 Å². The van der Waals surface area contributed by atoms with Gasteiger partial charge in [-0.3, -0.25) is 20.4 Å². The van der Waals surface area contributed by atoms with E-state index in [1.54, 1.807) is 12.1 Å². The first-order valence-electron chi connectivity index (χ1n) is 8.11. The van der Waals surface area contributed by atoms with Crippen LogP contribution in [0.1, 0.15) is 50.5 Å². The second kappa shape index (κ2) is 6.57. The smallest absolute Gasteiger partial charge is 0.269 e. The first-order valence-corrected chi connectivity index (χ1v) is 8.11. The first-order chi connectivity index (χ1) is 10.8. The molecule has 1 aromatic rings. The largest absolute Gasteiger partial charge is 0.273 e. The quantitative estimate of drug-likeness (QED) is 0.662. The molecular weight excluding hydrogens is 288 g/mol. The average molecular weight is 314 g/mol. The molecule has 0 aliphatic heterocycles. The van der Waals surface area contributed by atoms with E-state index in [9.17, 15) is 9.59 Å². The number of allylic oxidation sites excluding steroid dienone is 2. The molecule has 0 radical (unpaired) electrons. The van der Waals surface area contributed by atoms with Gasteiger partial charge in [-0.1, -0.05) is 44.6 Å². The second-order valence-corrected chi connectivity index (χ2v) is 7.06. The summed E-state index contributed by atoms with van der Waals surface area (Å²) in [6.45, 7) is 10.3. The number of aryl methyl sites for hydroxylation is 1. The lowest BCUT2D eigenvalue weighted by molar-refractivity contribution is -0.123. The Morgan fingerprint density at radius 1 is 1.13 bits per heavy atom. The molecule has 0 saturated heterocycles. The summed E-state index contributed by atoms with van der Waals surface area (Å²) in [5, 5.41) is 0. The van der Waals surface area contributed by atoms with Crippen molar-refractivity contribution in [1.29, 1.82) is 0 Å². The topological polar surface area (TPSA) is 58.2 Å². The predicted octanol–water partition coefficient (Wildman–Crippen LogP) is 3.25. The van der Waals surface area contributed by atoms with Gasteiger partial charge < -0.3 is 0 Å². The number of carbonyl (C=O) groups excluding carboxylic acids is 2. The first kappa shape index (κ1) is 17.3. The van der Waals surface area contributed by atoms with Gasteiger partial charge in [0.15, 0.2) is 0 Å². The molecule has 1 saturated carbocycles. The summed E-state index contributed by atoms with van der Waals surface area (Å²) in [6, 6.07) is 7.39. The minimum absolute atomic E-state index is 0.0607. The molecule has 1 aliphatic rings. The third-order valence-electron chi connectivity index (χ3n) is 4.63. The van der Waals surface area contributed by atoms with Crippen molar-refractivity contribution >= 4 is 11.8 Å². The molecule has 2 atom stereocenters. The van der Waals surface area contributed by atoms with Gasteiger partial charge in [-0.05, 0) is 49.3 Å². The van der Waals surface area contributed by atoms with Crippen molar-refractivity contribution in [3.8, 4) is 0 Å². The normalized spacial score (nSPS) is 21.3. The molecule has 2 unspecified atom stereocenters. The molecule has 1 fully saturated rings. The van der Waals surface area contributed by atoms with E-state index in [1.807, 2.05) is 26.0 Å². The summed E-state index contributed by atoms with van der Waals surface area (Å²) in [4.78, 5) is 24.4. The Hall–Kier alpha value is -2.10. The molecule has 2 rings (SSSR count). The van der Waals surface area contributed by atoms with E-state index in [-0.39, 0.29) is 29.1 Å². The van der Waals surface area contributed by atoms with Crippen LogP contribution in [0.5, 0.6) is 0 Å². The van der Waals surface area contributed by atoms with Crippen LogP contribution in [0.2, 0.25) is 0 Å². The van der Waals surface area contributed by atoms with E-state index in [0.717, 1.165) is 6.42 Å². The predicted molar refractivity (Wildman–Crippen MR) is 91.6 cm³/mol. The molecule has 0 heterocycles. The molecule has 0 bridgehead atoms. The van der Waals surface area contributed by atoms with Crippen molar-refractivity contribution in [2.24, 2.45) is 17.3 Å². The summed E-state index contributed by atoms with van der Waals surface area (Å²) < 4.78 is 0. The summed E-state index contributed by atoms with van der Waals surface area (Å²) in [7, 11) is 0. The van der Waals surface area contributed by atoms with Gasteiger partial charge in [-0.2, -0.15) is 0 Å². The maximum atomic E-state index is 12.3. The zero-order valence-corrected chi connectivity index (χ0v) is 14.6. The van der Waals surface area contributed by atoms with Gasteiger partial charge in [0.25, 0.3) is 5.91 Å². The Morgan fingerprint density at radius 3 is 2.26 bits per heavy atom. The van der Waals surface area contributed by atoms with Gasteiger partial charge in [0.1, 0.15) is 0 Å². The summed E-state index contributed by atoms with van der Waals surface area (Å²) in [5.74, 6) is -0.289. The fraction of sp³-hybridized carbons (Fsp3) is 0.474. The van der Waals surface area contributed by atoms with E-state index in [2.05, 4.69) is 37.7 Å². The van der Waals surface area contributed by atoms with E-state index in [4.69, 9.17) is 0 Å². The molecule has 0 aromatic heterocycles. The van der Waals surface area contributed by atoms with Gasteiger partial charge in [0, 0.05) is 5.56 Å². The second-order valence-electron chi connectivity index (χ2n) is 7.06. The summed E-state index contributed by atoms with van der Waals surface area (Å²) in [5.41, 5.74) is 7.93. The Labute approximate surface area is 138 Å². The van der Waals surface area contributed by atoms with Gasteiger partial charge in [-0.25, -0.2) is 0 Å². The highest BCUT2D eigenvalue weighted by atomic mass is 16.2. The van der Waals surface area contributed by atoms with Crippen LogP contribution in [-0.4, -0.2) is 11.8 Å². The molecule has 4 nitrogen and oxygen atoms in total. The van der Waals surface area contributed by atoms with Gasteiger partial charge in [-0.15, -0.1) is 0 Å². The fourth-order valence-corrected chi connectivity index (χ4v) is 3.01. The lowest BCUT2D eigenvalue weighted by atomic mass is 10.1. The van der Waals surface area contributed by atoms with Crippen molar-refractivity contribution in [2.45, 2.75) is 41.0 Å². The SMILES string of the molecule is CCc1ccc(C(=O)NNC(=O)C2C(C=C(C)C)C2(C)C)cc1. The number of carbonyl (C=O) groups is 2. The molecule has 1 aromatic carbocycles. The Balaban J connectivity index is 1.91. The van der Waals surface area contributed by atoms with Crippen LogP contribution in [0.25, 0.3) is 0 Å². The molecular formula is C19H26N2O2. The van der Waals surface area contributed by atoms with Crippen molar-refractivity contribution < 1.29 is 9.59 Å². The maximum absolute atomic E-state index is 12.3. The van der Waals surface area contributed by atoms with Gasteiger partial charge >= 0.3 is 0 Å². The molecule has 23 heavy (non-hydrogen) atoms. The minimum atomic E-state index is -0.293. The van der Waals surface area contributed by atoms with Crippen LogP contribution in [0.3, 0.4) is 0 Å². The summed E-state index contributed by atoms with van der Waals surface area (Å²) >= 11 is 0. The van der Waals surface area contributed by atoms with E-state index < -0.39 is 0 Å². The van der Waals surface area contributed by atoms with Crippen LogP contribution < -0.4 is 10.9 Å². The lowest BCUT2D eigenvalue weighted by Crippen LogP contribution is -2.43. The number of rotatable bonds is 4. The number of hydrogen-bond acceptors (Lipinski definition) is 2. The zero-order chi connectivity index (χ0) is 17.2. The van der Waals surface area contributed by atoms with Crippen LogP contribution in [0.15, 0.2) is 35.9 Å². The van der Waals surface area contributed by atoms with E-state index in [0.29, 0.717) is 5.56 Å². The highest BCUT2D eigenvalue weighted by Crippen LogP contribution is 2.59. The number of nitrogens with one attached hydrogen (secondary N) is 2. The van der Waals surface area contributed by atoms with Crippen molar-refractivity contribution in [3.63, 3.8) is 0 Å². The highest BCUT2D eigenvalue weighted by Gasteiger charge is 2.60. The highest BCUT2D eigenvalue weighted by molar-refractivity contribution is 5.96. The molecule has 124 valence electrons. The monoisotopic (exact) mass is 314 g/mol. The van der Waals surface area contributed by atoms with E-state index in [1.165, 1.54) is 11.1 Å². The third-order valence-corrected chi connectivity index (χ3v) is 4.63. The minimum Gasteiger partial charge on any atom is -0.273 e. The zero-order valence-electron chi connectivity index (χ0n) is 14.6. The fourth-order valence-electron chi connectivity index (χ4n) is 3.01. The van der Waals surface area contributed by atoms with Crippen LogP contribution in [0, 0.1) is 17.3 Å². The van der Waals surface area contributed by atoms with E-state index >= 15 is 0 Å². The van der Waals surface area contributed by atoms with Gasteiger partial charge in [0.2, 0.25) is 5.91 Å². The lowest BCUT2D eigenvalue weighted by Gasteiger charge is -2.08. The number of hydrogen-bond donors (Lipinski definition) is 2. The van der Waals surface area contributed by atoms with Crippen LogP contribution >= 0.6 is 0 Å². The number of hydrazine groups is 1. The van der Waals surface area contributed by atoms with Crippen molar-refractivity contribution in [3.05, 3.63) is 47.0 Å². The number of benzene rings is 1. The Kier molecular flexibility index (Phi) is 4.93.